The van der Waals surface area contributed by atoms with E-state index < -0.39 is 5.97 Å². The highest BCUT2D eigenvalue weighted by molar-refractivity contribution is 7.98. The van der Waals surface area contributed by atoms with Gasteiger partial charge in [0.25, 0.3) is 0 Å². The van der Waals surface area contributed by atoms with Crippen molar-refractivity contribution in [2.75, 3.05) is 0 Å². The molecule has 4 heteroatoms. The summed E-state index contributed by atoms with van der Waals surface area (Å²) < 4.78 is 5.32. The fraction of sp³-hybridized carbons (Fsp3) is 0.312. The quantitative estimate of drug-likeness (QED) is 0.875. The summed E-state index contributed by atoms with van der Waals surface area (Å²) in [6, 6.07) is 9.76. The molecule has 2 aromatic rings. The van der Waals surface area contributed by atoms with Crippen LogP contribution in [0.4, 0.5) is 0 Å². The van der Waals surface area contributed by atoms with Gasteiger partial charge in [0.1, 0.15) is 5.76 Å². The molecule has 106 valence electrons. The van der Waals surface area contributed by atoms with Crippen LogP contribution < -0.4 is 0 Å². The Bertz CT molecular complexity index is 596. The van der Waals surface area contributed by atoms with E-state index in [0.717, 1.165) is 5.75 Å². The lowest BCUT2D eigenvalue weighted by molar-refractivity contribution is 0.0660. The van der Waals surface area contributed by atoms with Crippen molar-refractivity contribution in [3.8, 4) is 0 Å². The van der Waals surface area contributed by atoms with Gasteiger partial charge in [0.15, 0.2) is 0 Å². The number of hydrogen-bond acceptors (Lipinski definition) is 3. The average molecular weight is 290 g/mol. The summed E-state index contributed by atoms with van der Waals surface area (Å²) in [4.78, 5) is 10.8. The molecule has 1 unspecified atom stereocenters. The number of furan rings is 1. The Hall–Kier alpha value is -1.68. The van der Waals surface area contributed by atoms with Gasteiger partial charge in [-0.25, -0.2) is 4.79 Å². The van der Waals surface area contributed by atoms with Gasteiger partial charge in [-0.3, -0.25) is 0 Å². The molecule has 0 aliphatic carbocycles. The first-order valence-electron chi connectivity index (χ1n) is 6.47. The molecule has 0 aliphatic heterocycles. The standard InChI is InChI=1S/C16H18O3S/c1-10-6-11(2)8-13(7-10)9-20-12(3)14-4-5-15(19-14)16(17)18/h4-8,12H,9H2,1-3H3,(H,17,18). The zero-order chi connectivity index (χ0) is 14.7. The molecule has 0 radical (unpaired) electrons. The summed E-state index contributed by atoms with van der Waals surface area (Å²) in [5.41, 5.74) is 3.81. The lowest BCUT2D eigenvalue weighted by atomic mass is 10.1. The minimum absolute atomic E-state index is 0.00106. The van der Waals surface area contributed by atoms with E-state index >= 15 is 0 Å². The molecular formula is C16H18O3S. The van der Waals surface area contributed by atoms with E-state index in [0.29, 0.717) is 5.76 Å². The fourth-order valence-corrected chi connectivity index (χ4v) is 3.04. The van der Waals surface area contributed by atoms with Crippen LogP contribution in [0.15, 0.2) is 34.7 Å². The third-order valence-corrected chi connectivity index (χ3v) is 4.25. The maximum Gasteiger partial charge on any atom is 0.371 e. The first-order chi connectivity index (χ1) is 9.45. The van der Waals surface area contributed by atoms with Gasteiger partial charge in [-0.2, -0.15) is 0 Å². The summed E-state index contributed by atoms with van der Waals surface area (Å²) in [5, 5.41) is 8.98. The fourth-order valence-electron chi connectivity index (χ4n) is 2.14. The Morgan fingerprint density at radius 2 is 1.90 bits per heavy atom. The van der Waals surface area contributed by atoms with Gasteiger partial charge < -0.3 is 9.52 Å². The third kappa shape index (κ3) is 3.67. The molecule has 2 rings (SSSR count). The molecule has 1 aromatic carbocycles. The summed E-state index contributed by atoms with van der Waals surface area (Å²) >= 11 is 1.74. The molecule has 0 bridgehead atoms. The van der Waals surface area contributed by atoms with Crippen molar-refractivity contribution in [2.45, 2.75) is 31.8 Å². The second kappa shape index (κ2) is 6.18. The molecule has 1 heterocycles. The van der Waals surface area contributed by atoms with Crippen molar-refractivity contribution in [3.05, 3.63) is 58.5 Å². The third-order valence-electron chi connectivity index (χ3n) is 3.02. The van der Waals surface area contributed by atoms with Gasteiger partial charge in [0, 0.05) is 5.75 Å². The molecule has 0 aliphatic rings. The van der Waals surface area contributed by atoms with E-state index in [1.165, 1.54) is 22.8 Å². The average Bonchev–Trinajstić information content (AvgIpc) is 2.84. The lowest BCUT2D eigenvalue weighted by Gasteiger charge is -2.09. The molecule has 0 amide bonds. The monoisotopic (exact) mass is 290 g/mol. The van der Waals surface area contributed by atoms with Crippen LogP contribution in [0.2, 0.25) is 0 Å². The van der Waals surface area contributed by atoms with Crippen molar-refractivity contribution >= 4 is 17.7 Å². The predicted octanol–water partition coefficient (Wildman–Crippen LogP) is 4.59. The van der Waals surface area contributed by atoms with Crippen LogP contribution >= 0.6 is 11.8 Å². The zero-order valence-corrected chi connectivity index (χ0v) is 12.7. The number of aromatic carboxylic acids is 1. The van der Waals surface area contributed by atoms with Gasteiger partial charge >= 0.3 is 5.97 Å². The van der Waals surface area contributed by atoms with Gasteiger partial charge in [-0.15, -0.1) is 11.8 Å². The normalized spacial score (nSPS) is 12.3. The van der Waals surface area contributed by atoms with Crippen LogP contribution in [0, 0.1) is 13.8 Å². The van der Waals surface area contributed by atoms with E-state index in [-0.39, 0.29) is 11.0 Å². The van der Waals surface area contributed by atoms with Crippen molar-refractivity contribution in [1.29, 1.82) is 0 Å². The Morgan fingerprint density at radius 3 is 2.45 bits per heavy atom. The minimum atomic E-state index is -1.03. The number of carboxylic acids is 1. The topological polar surface area (TPSA) is 50.4 Å². The van der Waals surface area contributed by atoms with Crippen LogP contribution in [0.25, 0.3) is 0 Å². The van der Waals surface area contributed by atoms with E-state index in [2.05, 4.69) is 32.0 Å². The van der Waals surface area contributed by atoms with Crippen molar-refractivity contribution in [2.24, 2.45) is 0 Å². The molecule has 0 saturated heterocycles. The van der Waals surface area contributed by atoms with Crippen molar-refractivity contribution in [1.82, 2.24) is 0 Å². The van der Waals surface area contributed by atoms with Crippen LogP contribution in [0.5, 0.6) is 0 Å². The maximum atomic E-state index is 10.8. The Balaban J connectivity index is 2.00. The lowest BCUT2D eigenvalue weighted by Crippen LogP contribution is -1.93. The summed E-state index contributed by atoms with van der Waals surface area (Å²) in [6.07, 6.45) is 0. The van der Waals surface area contributed by atoms with Gasteiger partial charge in [-0.05, 0) is 38.5 Å². The second-order valence-electron chi connectivity index (χ2n) is 4.96. The Labute approximate surface area is 123 Å². The number of carbonyl (C=O) groups is 1. The number of rotatable bonds is 5. The van der Waals surface area contributed by atoms with E-state index in [9.17, 15) is 4.79 Å². The van der Waals surface area contributed by atoms with Crippen LogP contribution in [0.3, 0.4) is 0 Å². The minimum Gasteiger partial charge on any atom is -0.475 e. The molecule has 3 nitrogen and oxygen atoms in total. The smallest absolute Gasteiger partial charge is 0.371 e. The van der Waals surface area contributed by atoms with Crippen LogP contribution in [-0.2, 0) is 5.75 Å². The highest BCUT2D eigenvalue weighted by Gasteiger charge is 2.14. The number of thioether (sulfide) groups is 1. The van der Waals surface area contributed by atoms with E-state index in [1.54, 1.807) is 17.8 Å². The maximum absolute atomic E-state index is 10.8. The van der Waals surface area contributed by atoms with Crippen LogP contribution in [-0.4, -0.2) is 11.1 Å². The molecule has 1 N–H and O–H groups in total. The zero-order valence-electron chi connectivity index (χ0n) is 11.8. The number of hydrogen-bond donors (Lipinski definition) is 1. The molecule has 1 atom stereocenters. The summed E-state index contributed by atoms with van der Waals surface area (Å²) in [7, 11) is 0. The molecular weight excluding hydrogens is 272 g/mol. The highest BCUT2D eigenvalue weighted by atomic mass is 32.2. The Morgan fingerprint density at radius 1 is 1.25 bits per heavy atom. The summed E-state index contributed by atoms with van der Waals surface area (Å²) in [6.45, 7) is 6.21. The molecule has 20 heavy (non-hydrogen) atoms. The highest BCUT2D eigenvalue weighted by Crippen LogP contribution is 2.32. The van der Waals surface area contributed by atoms with Gasteiger partial charge in [-0.1, -0.05) is 29.3 Å². The second-order valence-corrected chi connectivity index (χ2v) is 6.29. The SMILES string of the molecule is Cc1cc(C)cc(CSC(C)c2ccc(C(=O)O)o2)c1. The van der Waals surface area contributed by atoms with Crippen molar-refractivity contribution < 1.29 is 14.3 Å². The van der Waals surface area contributed by atoms with Gasteiger partial charge in [0.05, 0.1) is 5.25 Å². The van der Waals surface area contributed by atoms with E-state index in [4.69, 9.17) is 9.52 Å². The number of carboxylic acid groups (broad SMARTS) is 1. The molecule has 0 saturated carbocycles. The Kier molecular flexibility index (Phi) is 4.55. The van der Waals surface area contributed by atoms with E-state index in [1.807, 2.05) is 6.92 Å². The van der Waals surface area contributed by atoms with Crippen molar-refractivity contribution in [3.63, 3.8) is 0 Å². The molecule has 1 aromatic heterocycles. The molecule has 0 spiro atoms. The number of benzene rings is 1. The molecule has 0 fully saturated rings. The van der Waals surface area contributed by atoms with Gasteiger partial charge in [0.2, 0.25) is 5.76 Å². The first-order valence-corrected chi connectivity index (χ1v) is 7.52. The first kappa shape index (κ1) is 14.7. The largest absolute Gasteiger partial charge is 0.475 e. The van der Waals surface area contributed by atoms with Crippen LogP contribution in [0.1, 0.15) is 45.2 Å². The summed E-state index contributed by atoms with van der Waals surface area (Å²) in [5.74, 6) is 0.561. The number of aryl methyl sites for hydroxylation is 2. The predicted molar refractivity (Wildman–Crippen MR) is 81.3 cm³/mol.